The molecule has 0 spiro atoms. The van der Waals surface area contributed by atoms with Gasteiger partial charge in [0.1, 0.15) is 0 Å². The van der Waals surface area contributed by atoms with Crippen LogP contribution in [0.25, 0.3) is 0 Å². The van der Waals surface area contributed by atoms with Crippen molar-refractivity contribution in [2.45, 2.75) is 0 Å². The van der Waals surface area contributed by atoms with Crippen molar-refractivity contribution >= 4 is 11.4 Å². The summed E-state index contributed by atoms with van der Waals surface area (Å²) in [6.45, 7) is 0. The normalized spacial score (nSPS) is 9.94. The third kappa shape index (κ3) is 2.42. The number of ether oxygens (including phenoxy) is 2. The van der Waals surface area contributed by atoms with Crippen LogP contribution >= 0.6 is 0 Å². The number of anilines is 2. The Hall–Kier alpha value is -2.36. The maximum atomic E-state index is 5.81. The molecular weight excluding hydrogens is 216 g/mol. The molecule has 2 aromatic rings. The highest BCUT2D eigenvalue weighted by Crippen LogP contribution is 2.34. The number of nitrogens with two attached hydrogens (primary N) is 2. The third-order valence-corrected chi connectivity index (χ3v) is 2.32. The number of hydrogen-bond donors (Lipinski definition) is 2. The van der Waals surface area contributed by atoms with Gasteiger partial charge in [-0.2, -0.15) is 0 Å². The van der Waals surface area contributed by atoms with Gasteiger partial charge in [0.15, 0.2) is 17.2 Å². The molecule has 0 unspecified atom stereocenters. The van der Waals surface area contributed by atoms with Crippen LogP contribution in [0.5, 0.6) is 17.2 Å². The summed E-state index contributed by atoms with van der Waals surface area (Å²) in [5, 5.41) is 0. The van der Waals surface area contributed by atoms with E-state index in [-0.39, 0.29) is 0 Å². The van der Waals surface area contributed by atoms with E-state index in [0.29, 0.717) is 28.6 Å². The van der Waals surface area contributed by atoms with Crippen molar-refractivity contribution in [3.8, 4) is 17.2 Å². The summed E-state index contributed by atoms with van der Waals surface area (Å²) < 4.78 is 10.9. The first kappa shape index (κ1) is 11.1. The van der Waals surface area contributed by atoms with Gasteiger partial charge in [0.05, 0.1) is 12.8 Å². The molecule has 0 aliphatic carbocycles. The monoisotopic (exact) mass is 230 g/mol. The SMILES string of the molecule is COc1ccccc1Oc1ccc(N)cc1N. The Morgan fingerprint density at radius 2 is 1.59 bits per heavy atom. The molecular formula is C13H14N2O2. The average Bonchev–Trinajstić information content (AvgIpc) is 2.33. The first-order valence-corrected chi connectivity index (χ1v) is 5.16. The van der Waals surface area contributed by atoms with Gasteiger partial charge in [-0.15, -0.1) is 0 Å². The van der Waals surface area contributed by atoms with Crippen LogP contribution in [0, 0.1) is 0 Å². The van der Waals surface area contributed by atoms with Crippen molar-refractivity contribution in [2.24, 2.45) is 0 Å². The standard InChI is InChI=1S/C13H14N2O2/c1-16-12-4-2-3-5-13(12)17-11-7-6-9(14)8-10(11)15/h2-8H,14-15H2,1H3. The molecule has 4 nitrogen and oxygen atoms in total. The summed E-state index contributed by atoms with van der Waals surface area (Å²) in [4.78, 5) is 0. The quantitative estimate of drug-likeness (QED) is 0.795. The van der Waals surface area contributed by atoms with E-state index in [0.717, 1.165) is 0 Å². The molecule has 2 rings (SSSR count). The molecule has 0 saturated heterocycles. The zero-order chi connectivity index (χ0) is 12.3. The molecule has 4 N–H and O–H groups in total. The van der Waals surface area contributed by atoms with Gasteiger partial charge in [0.2, 0.25) is 0 Å². The first-order chi connectivity index (χ1) is 8.20. The molecule has 0 radical (unpaired) electrons. The van der Waals surface area contributed by atoms with Gasteiger partial charge < -0.3 is 20.9 Å². The molecule has 0 aliphatic rings. The number of rotatable bonds is 3. The minimum absolute atomic E-state index is 0.496. The Morgan fingerprint density at radius 3 is 2.24 bits per heavy atom. The van der Waals surface area contributed by atoms with Crippen LogP contribution in [0.4, 0.5) is 11.4 Å². The first-order valence-electron chi connectivity index (χ1n) is 5.16. The fraction of sp³-hybridized carbons (Fsp3) is 0.0769. The minimum Gasteiger partial charge on any atom is -0.493 e. The van der Waals surface area contributed by atoms with Gasteiger partial charge >= 0.3 is 0 Å². The molecule has 88 valence electrons. The topological polar surface area (TPSA) is 70.5 Å². The number of nitrogen functional groups attached to an aromatic ring is 2. The Bertz CT molecular complexity index is 527. The van der Waals surface area contributed by atoms with Crippen molar-refractivity contribution in [3.05, 3.63) is 42.5 Å². The molecule has 0 amide bonds. The minimum atomic E-state index is 0.496. The van der Waals surface area contributed by atoms with Crippen molar-refractivity contribution in [3.63, 3.8) is 0 Å². The second-order valence-corrected chi connectivity index (χ2v) is 3.55. The van der Waals surface area contributed by atoms with E-state index in [1.807, 2.05) is 24.3 Å². The van der Waals surface area contributed by atoms with Gasteiger partial charge in [0, 0.05) is 5.69 Å². The highest BCUT2D eigenvalue weighted by atomic mass is 16.5. The van der Waals surface area contributed by atoms with Crippen LogP contribution in [0.1, 0.15) is 0 Å². The Balaban J connectivity index is 2.31. The van der Waals surface area contributed by atoms with Gasteiger partial charge in [-0.1, -0.05) is 12.1 Å². The van der Waals surface area contributed by atoms with Crippen LogP contribution in [-0.4, -0.2) is 7.11 Å². The van der Waals surface area contributed by atoms with E-state index in [1.54, 1.807) is 25.3 Å². The van der Waals surface area contributed by atoms with E-state index in [9.17, 15) is 0 Å². The second-order valence-electron chi connectivity index (χ2n) is 3.55. The van der Waals surface area contributed by atoms with Crippen LogP contribution < -0.4 is 20.9 Å². The lowest BCUT2D eigenvalue weighted by atomic mass is 10.2. The smallest absolute Gasteiger partial charge is 0.169 e. The van der Waals surface area contributed by atoms with Crippen molar-refractivity contribution in [2.75, 3.05) is 18.6 Å². The molecule has 0 aromatic heterocycles. The van der Waals surface area contributed by atoms with Gasteiger partial charge in [-0.3, -0.25) is 0 Å². The third-order valence-electron chi connectivity index (χ3n) is 2.32. The Kier molecular flexibility index (Phi) is 3.05. The van der Waals surface area contributed by atoms with E-state index >= 15 is 0 Å². The number of para-hydroxylation sites is 2. The summed E-state index contributed by atoms with van der Waals surface area (Å²) in [7, 11) is 1.59. The summed E-state index contributed by atoms with van der Waals surface area (Å²) in [6.07, 6.45) is 0. The molecule has 2 aromatic carbocycles. The molecule has 0 fully saturated rings. The zero-order valence-electron chi connectivity index (χ0n) is 9.51. The van der Waals surface area contributed by atoms with Gasteiger partial charge in [0.25, 0.3) is 0 Å². The van der Waals surface area contributed by atoms with Crippen molar-refractivity contribution < 1.29 is 9.47 Å². The molecule has 0 aliphatic heterocycles. The number of methoxy groups -OCH3 is 1. The Morgan fingerprint density at radius 1 is 0.882 bits per heavy atom. The summed E-state index contributed by atoms with van der Waals surface area (Å²) >= 11 is 0. The predicted molar refractivity (Wildman–Crippen MR) is 68.3 cm³/mol. The van der Waals surface area contributed by atoms with E-state index in [4.69, 9.17) is 20.9 Å². The lowest BCUT2D eigenvalue weighted by molar-refractivity contribution is 0.379. The maximum absolute atomic E-state index is 5.81. The molecule has 0 saturated carbocycles. The lowest BCUT2D eigenvalue weighted by Gasteiger charge is -2.11. The van der Waals surface area contributed by atoms with Crippen LogP contribution in [-0.2, 0) is 0 Å². The van der Waals surface area contributed by atoms with Gasteiger partial charge in [-0.25, -0.2) is 0 Å². The summed E-state index contributed by atoms with van der Waals surface area (Å²) in [5.41, 5.74) is 12.5. The highest BCUT2D eigenvalue weighted by molar-refractivity contribution is 5.62. The van der Waals surface area contributed by atoms with Crippen molar-refractivity contribution in [1.29, 1.82) is 0 Å². The molecule has 0 bridgehead atoms. The largest absolute Gasteiger partial charge is 0.493 e. The molecule has 4 heteroatoms. The summed E-state index contributed by atoms with van der Waals surface area (Å²) in [6, 6.07) is 12.5. The maximum Gasteiger partial charge on any atom is 0.169 e. The molecule has 17 heavy (non-hydrogen) atoms. The predicted octanol–water partition coefficient (Wildman–Crippen LogP) is 2.65. The van der Waals surface area contributed by atoms with Crippen molar-refractivity contribution in [1.82, 2.24) is 0 Å². The zero-order valence-corrected chi connectivity index (χ0v) is 9.51. The van der Waals surface area contributed by atoms with E-state index < -0.39 is 0 Å². The molecule has 0 atom stereocenters. The number of hydrogen-bond acceptors (Lipinski definition) is 4. The molecule has 0 heterocycles. The number of benzene rings is 2. The van der Waals surface area contributed by atoms with Crippen LogP contribution in [0.2, 0.25) is 0 Å². The summed E-state index contributed by atoms with van der Waals surface area (Å²) in [5.74, 6) is 1.83. The lowest BCUT2D eigenvalue weighted by Crippen LogP contribution is -1.95. The van der Waals surface area contributed by atoms with E-state index in [1.165, 1.54) is 0 Å². The fourth-order valence-corrected chi connectivity index (χ4v) is 1.48. The van der Waals surface area contributed by atoms with Gasteiger partial charge in [-0.05, 0) is 30.3 Å². The Labute approximate surface area is 99.8 Å². The van der Waals surface area contributed by atoms with Crippen LogP contribution in [0.15, 0.2) is 42.5 Å². The second kappa shape index (κ2) is 4.65. The van der Waals surface area contributed by atoms with Crippen LogP contribution in [0.3, 0.4) is 0 Å². The van der Waals surface area contributed by atoms with E-state index in [2.05, 4.69) is 0 Å². The highest BCUT2D eigenvalue weighted by Gasteiger charge is 2.06. The fourth-order valence-electron chi connectivity index (χ4n) is 1.48. The average molecular weight is 230 g/mol.